The predicted molar refractivity (Wildman–Crippen MR) is 138 cm³/mol. The van der Waals surface area contributed by atoms with Gasteiger partial charge in [0, 0.05) is 17.8 Å². The molecule has 0 bridgehead atoms. The fourth-order valence-corrected chi connectivity index (χ4v) is 4.58. The molecule has 0 aliphatic carbocycles. The minimum atomic E-state index is -3.90. The molecule has 0 saturated heterocycles. The van der Waals surface area contributed by atoms with Crippen molar-refractivity contribution in [3.8, 4) is 17.2 Å². The molecule has 0 aliphatic rings. The van der Waals surface area contributed by atoms with Gasteiger partial charge in [-0.1, -0.05) is 29.3 Å². The summed E-state index contributed by atoms with van der Waals surface area (Å²) in [6.45, 7) is 1.41. The minimum Gasteiger partial charge on any atom is -0.493 e. The molecule has 0 atom stereocenters. The van der Waals surface area contributed by atoms with E-state index in [4.69, 9.17) is 30.5 Å². The predicted octanol–water partition coefficient (Wildman–Crippen LogP) is 4.27. The molecule has 0 radical (unpaired) electrons. The largest absolute Gasteiger partial charge is 0.493 e. The van der Waals surface area contributed by atoms with Crippen LogP contribution in [0.2, 0.25) is 5.02 Å². The number of nitrogens with one attached hydrogen (secondary N) is 2. The molecule has 3 aromatic carbocycles. The van der Waals surface area contributed by atoms with Gasteiger partial charge in [-0.3, -0.25) is 9.52 Å². The summed E-state index contributed by atoms with van der Waals surface area (Å²) in [5.41, 5.74) is 1.55. The highest BCUT2D eigenvalue weighted by Gasteiger charge is 2.20. The van der Waals surface area contributed by atoms with E-state index in [-0.39, 0.29) is 38.4 Å². The van der Waals surface area contributed by atoms with E-state index in [9.17, 15) is 18.0 Å². The van der Waals surface area contributed by atoms with Crippen molar-refractivity contribution >= 4 is 44.9 Å². The average molecular weight is 549 g/mol. The zero-order valence-corrected chi connectivity index (χ0v) is 22.0. The lowest BCUT2D eigenvalue weighted by Crippen LogP contribution is -2.22. The van der Waals surface area contributed by atoms with Gasteiger partial charge in [0.05, 0.1) is 42.5 Å². The normalized spacial score (nSPS) is 10.8. The van der Waals surface area contributed by atoms with Crippen LogP contribution in [-0.2, 0) is 19.6 Å². The monoisotopic (exact) mass is 548 g/mol. The molecule has 0 aliphatic heterocycles. The first-order chi connectivity index (χ1) is 17.6. The molecule has 0 spiro atoms. The Morgan fingerprint density at radius 2 is 1.54 bits per heavy atom. The fraction of sp³-hybridized carbons (Fsp3) is 0.200. The number of carbonyl (C=O) groups excluding carboxylic acids is 2. The highest BCUT2D eigenvalue weighted by Crippen LogP contribution is 2.34. The van der Waals surface area contributed by atoms with E-state index in [2.05, 4.69) is 10.0 Å². The van der Waals surface area contributed by atoms with Crippen LogP contribution in [-0.4, -0.2) is 48.2 Å². The maximum Gasteiger partial charge on any atom is 0.340 e. The van der Waals surface area contributed by atoms with Gasteiger partial charge in [-0.2, -0.15) is 0 Å². The topological polar surface area (TPSA) is 129 Å². The third-order valence-corrected chi connectivity index (χ3v) is 6.75. The van der Waals surface area contributed by atoms with Crippen molar-refractivity contribution in [2.24, 2.45) is 0 Å². The quantitative estimate of drug-likeness (QED) is 0.359. The molecule has 37 heavy (non-hydrogen) atoms. The minimum absolute atomic E-state index is 0.0130. The lowest BCUT2D eigenvalue weighted by atomic mass is 10.1. The maximum atomic E-state index is 12.7. The van der Waals surface area contributed by atoms with Crippen LogP contribution in [0.5, 0.6) is 17.2 Å². The molecule has 2 N–H and O–H groups in total. The van der Waals surface area contributed by atoms with Gasteiger partial charge in [0.2, 0.25) is 0 Å². The number of hydrogen-bond acceptors (Lipinski definition) is 8. The van der Waals surface area contributed by atoms with Crippen LogP contribution in [0, 0.1) is 6.92 Å². The molecular weight excluding hydrogens is 524 g/mol. The number of halogens is 1. The van der Waals surface area contributed by atoms with Crippen molar-refractivity contribution in [2.45, 2.75) is 11.8 Å². The van der Waals surface area contributed by atoms with Gasteiger partial charge in [0.25, 0.3) is 15.9 Å². The number of aryl methyl sites for hydroxylation is 1. The van der Waals surface area contributed by atoms with E-state index < -0.39 is 28.5 Å². The fourth-order valence-electron chi connectivity index (χ4n) is 3.19. The lowest BCUT2D eigenvalue weighted by molar-refractivity contribution is -0.118. The number of hydrogen-bond donors (Lipinski definition) is 2. The molecule has 3 rings (SSSR count). The zero-order valence-electron chi connectivity index (χ0n) is 20.5. The van der Waals surface area contributed by atoms with E-state index in [1.807, 2.05) is 6.92 Å². The van der Waals surface area contributed by atoms with Crippen LogP contribution in [0.1, 0.15) is 15.9 Å². The van der Waals surface area contributed by atoms with Gasteiger partial charge < -0.3 is 24.3 Å². The number of carbonyl (C=O) groups is 2. The van der Waals surface area contributed by atoms with Crippen LogP contribution in [0.15, 0.2) is 59.5 Å². The van der Waals surface area contributed by atoms with Gasteiger partial charge in [-0.05, 0) is 37.3 Å². The van der Waals surface area contributed by atoms with Crippen molar-refractivity contribution in [3.05, 3.63) is 70.7 Å². The summed E-state index contributed by atoms with van der Waals surface area (Å²) in [5, 5.41) is 2.55. The standard InChI is InChI=1S/C25H25ClN2O8S/c1-15-5-7-16(8-6-15)28-37(31,32)17-9-10-21(19(26)11-17)36-14-24(29)27-20-13-23(34-3)22(33-2)12-18(20)25(30)35-4/h5-13,28H,14H2,1-4H3,(H,27,29). The summed E-state index contributed by atoms with van der Waals surface area (Å²) in [6, 6.07) is 13.5. The molecule has 0 heterocycles. The number of sulfonamides is 1. The van der Waals surface area contributed by atoms with Gasteiger partial charge in [-0.15, -0.1) is 0 Å². The van der Waals surface area contributed by atoms with E-state index in [0.717, 1.165) is 5.56 Å². The Morgan fingerprint density at radius 1 is 0.892 bits per heavy atom. The van der Waals surface area contributed by atoms with Crippen molar-refractivity contribution < 1.29 is 37.0 Å². The summed E-state index contributed by atoms with van der Waals surface area (Å²) >= 11 is 6.22. The second kappa shape index (κ2) is 11.8. The molecule has 0 saturated carbocycles. The zero-order chi connectivity index (χ0) is 27.2. The van der Waals surface area contributed by atoms with Crippen LogP contribution in [0.3, 0.4) is 0 Å². The third-order valence-electron chi connectivity index (χ3n) is 5.08. The third kappa shape index (κ3) is 6.83. The van der Waals surface area contributed by atoms with Gasteiger partial charge in [0.1, 0.15) is 5.75 Å². The van der Waals surface area contributed by atoms with Crippen LogP contribution < -0.4 is 24.2 Å². The number of anilines is 2. The van der Waals surface area contributed by atoms with E-state index >= 15 is 0 Å². The van der Waals surface area contributed by atoms with Gasteiger partial charge in [-0.25, -0.2) is 13.2 Å². The molecule has 1 amide bonds. The first-order valence-corrected chi connectivity index (χ1v) is 12.6. The second-order valence-electron chi connectivity index (χ2n) is 7.64. The number of amides is 1. The Bertz CT molecular complexity index is 1410. The SMILES string of the molecule is COC(=O)c1cc(OC)c(OC)cc1NC(=O)COc1ccc(S(=O)(=O)Nc2ccc(C)cc2)cc1Cl. The Morgan fingerprint density at radius 3 is 2.14 bits per heavy atom. The summed E-state index contributed by atoms with van der Waals surface area (Å²) in [7, 11) is 0.120. The second-order valence-corrected chi connectivity index (χ2v) is 9.73. The summed E-state index contributed by atoms with van der Waals surface area (Å²) in [5.74, 6) is -0.671. The van der Waals surface area contributed by atoms with Crippen LogP contribution >= 0.6 is 11.6 Å². The summed E-state index contributed by atoms with van der Waals surface area (Å²) < 4.78 is 48.5. The maximum absolute atomic E-state index is 12.7. The molecule has 0 fully saturated rings. The van der Waals surface area contributed by atoms with Gasteiger partial charge >= 0.3 is 5.97 Å². The first kappa shape index (κ1) is 27.6. The van der Waals surface area contributed by atoms with E-state index in [1.54, 1.807) is 24.3 Å². The molecule has 0 aromatic heterocycles. The number of benzene rings is 3. The van der Waals surface area contributed by atoms with Crippen molar-refractivity contribution in [1.82, 2.24) is 0 Å². The summed E-state index contributed by atoms with van der Waals surface area (Å²) in [4.78, 5) is 24.7. The van der Waals surface area contributed by atoms with Crippen molar-refractivity contribution in [2.75, 3.05) is 38.0 Å². The van der Waals surface area contributed by atoms with Crippen molar-refractivity contribution in [1.29, 1.82) is 0 Å². The van der Waals surface area contributed by atoms with Crippen LogP contribution in [0.25, 0.3) is 0 Å². The van der Waals surface area contributed by atoms with Gasteiger partial charge in [0.15, 0.2) is 18.1 Å². The molecule has 10 nitrogen and oxygen atoms in total. The molecule has 12 heteroatoms. The number of methoxy groups -OCH3 is 3. The Labute approximate surface area is 219 Å². The highest BCUT2D eigenvalue weighted by atomic mass is 35.5. The molecule has 3 aromatic rings. The lowest BCUT2D eigenvalue weighted by Gasteiger charge is -2.15. The van der Waals surface area contributed by atoms with E-state index in [1.165, 1.54) is 51.7 Å². The van der Waals surface area contributed by atoms with Crippen LogP contribution in [0.4, 0.5) is 11.4 Å². The Hall–Kier alpha value is -3.96. The first-order valence-electron chi connectivity index (χ1n) is 10.7. The smallest absolute Gasteiger partial charge is 0.340 e. The number of rotatable bonds is 10. The average Bonchev–Trinajstić information content (AvgIpc) is 2.88. The number of esters is 1. The highest BCUT2D eigenvalue weighted by molar-refractivity contribution is 7.92. The molecular formula is C25H25ClN2O8S. The Kier molecular flexibility index (Phi) is 8.85. The number of ether oxygens (including phenoxy) is 4. The molecule has 0 unspecified atom stereocenters. The molecule has 196 valence electrons. The van der Waals surface area contributed by atoms with Crippen molar-refractivity contribution in [3.63, 3.8) is 0 Å². The van der Waals surface area contributed by atoms with E-state index in [0.29, 0.717) is 5.69 Å². The Balaban J connectivity index is 1.71. The summed E-state index contributed by atoms with van der Waals surface area (Å²) in [6.07, 6.45) is 0.